The summed E-state index contributed by atoms with van der Waals surface area (Å²) in [6.07, 6.45) is 3.54. The molecule has 0 atom stereocenters. The van der Waals surface area contributed by atoms with Crippen molar-refractivity contribution in [3.63, 3.8) is 0 Å². The van der Waals surface area contributed by atoms with Crippen molar-refractivity contribution in [1.82, 2.24) is 39.3 Å². The zero-order valence-corrected chi connectivity index (χ0v) is 21.6. The number of hydrogen-bond acceptors (Lipinski definition) is 7. The molecule has 36 heavy (non-hydrogen) atoms. The SMILES string of the molecule is Cn1ccc(CN2CCN(C(=O)c3cc4c(-c5ccnc(C(C)(C)O)n5)nn(C)c4cc3Cl)CC2)n1. The van der Waals surface area contributed by atoms with E-state index in [0.717, 1.165) is 36.2 Å². The largest absolute Gasteiger partial charge is 0.382 e. The lowest BCUT2D eigenvalue weighted by Gasteiger charge is -2.34. The van der Waals surface area contributed by atoms with Crippen molar-refractivity contribution in [1.29, 1.82) is 0 Å². The van der Waals surface area contributed by atoms with E-state index < -0.39 is 5.60 Å². The monoisotopic (exact) mass is 508 g/mol. The van der Waals surface area contributed by atoms with Crippen LogP contribution in [0.4, 0.5) is 0 Å². The summed E-state index contributed by atoms with van der Waals surface area (Å²) in [6, 6.07) is 7.33. The quantitative estimate of drug-likeness (QED) is 0.441. The third-order valence-corrected chi connectivity index (χ3v) is 6.74. The number of benzene rings is 1. The highest BCUT2D eigenvalue weighted by Gasteiger charge is 2.26. The molecule has 10 nitrogen and oxygen atoms in total. The molecule has 1 saturated heterocycles. The van der Waals surface area contributed by atoms with Gasteiger partial charge in [-0.25, -0.2) is 9.97 Å². The van der Waals surface area contributed by atoms with E-state index in [-0.39, 0.29) is 5.91 Å². The van der Waals surface area contributed by atoms with E-state index >= 15 is 0 Å². The minimum Gasteiger partial charge on any atom is -0.382 e. The van der Waals surface area contributed by atoms with E-state index in [1.165, 1.54) is 0 Å². The molecule has 0 spiro atoms. The molecule has 4 heterocycles. The molecule has 0 saturated carbocycles. The summed E-state index contributed by atoms with van der Waals surface area (Å²) < 4.78 is 3.51. The van der Waals surface area contributed by atoms with Gasteiger partial charge < -0.3 is 10.0 Å². The van der Waals surface area contributed by atoms with Gasteiger partial charge in [-0.15, -0.1) is 0 Å². The van der Waals surface area contributed by atoms with Crippen molar-refractivity contribution in [2.24, 2.45) is 14.1 Å². The molecule has 1 fully saturated rings. The van der Waals surface area contributed by atoms with Crippen LogP contribution >= 0.6 is 11.6 Å². The standard InChI is InChI=1S/C25H29ClN8O2/c1-25(2,36)24-27-7-5-20(28-24)22-18-13-17(19(26)14-21(18)32(4)30-22)23(35)34-11-9-33(10-12-34)15-16-6-8-31(3)29-16/h5-8,13-14,36H,9-12,15H2,1-4H3. The summed E-state index contributed by atoms with van der Waals surface area (Å²) in [5.74, 6) is 0.196. The van der Waals surface area contributed by atoms with E-state index in [9.17, 15) is 9.90 Å². The smallest absolute Gasteiger partial charge is 0.255 e. The molecule has 1 aliphatic rings. The molecule has 188 valence electrons. The first kappa shape index (κ1) is 24.4. The van der Waals surface area contributed by atoms with E-state index in [4.69, 9.17) is 11.6 Å². The Morgan fingerprint density at radius 2 is 1.86 bits per heavy atom. The molecule has 4 aromatic rings. The molecular weight excluding hydrogens is 480 g/mol. The summed E-state index contributed by atoms with van der Waals surface area (Å²) in [4.78, 5) is 26.4. The molecule has 5 rings (SSSR count). The highest BCUT2D eigenvalue weighted by atomic mass is 35.5. The fourth-order valence-electron chi connectivity index (χ4n) is 4.47. The number of aromatic nitrogens is 6. The third kappa shape index (κ3) is 4.71. The van der Waals surface area contributed by atoms with Crippen LogP contribution in [-0.4, -0.2) is 76.5 Å². The van der Waals surface area contributed by atoms with Crippen LogP contribution in [0.1, 0.15) is 35.7 Å². The Kier molecular flexibility index (Phi) is 6.27. The Morgan fingerprint density at radius 3 is 2.53 bits per heavy atom. The second-order valence-corrected chi connectivity index (χ2v) is 10.1. The van der Waals surface area contributed by atoms with Crippen molar-refractivity contribution < 1.29 is 9.90 Å². The van der Waals surface area contributed by atoms with Gasteiger partial charge in [0.2, 0.25) is 0 Å². The van der Waals surface area contributed by atoms with Gasteiger partial charge in [0.25, 0.3) is 5.91 Å². The van der Waals surface area contributed by atoms with Crippen molar-refractivity contribution in [2.75, 3.05) is 26.2 Å². The lowest BCUT2D eigenvalue weighted by molar-refractivity contribution is 0.0626. The number of hydrogen-bond donors (Lipinski definition) is 1. The molecule has 1 aliphatic heterocycles. The van der Waals surface area contributed by atoms with E-state index in [2.05, 4.69) is 25.1 Å². The maximum atomic E-state index is 13.5. The number of carbonyl (C=O) groups is 1. The van der Waals surface area contributed by atoms with Gasteiger partial charge in [-0.3, -0.25) is 19.1 Å². The zero-order chi connectivity index (χ0) is 25.6. The fraction of sp³-hybridized carbons (Fsp3) is 0.400. The first-order chi connectivity index (χ1) is 17.1. The van der Waals surface area contributed by atoms with E-state index in [1.54, 1.807) is 47.6 Å². The van der Waals surface area contributed by atoms with Gasteiger partial charge in [-0.2, -0.15) is 10.2 Å². The zero-order valence-electron chi connectivity index (χ0n) is 20.8. The Labute approximate surface area is 214 Å². The number of rotatable bonds is 5. The summed E-state index contributed by atoms with van der Waals surface area (Å²) in [5, 5.41) is 20.6. The molecule has 1 N–H and O–H groups in total. The van der Waals surface area contributed by atoms with Crippen LogP contribution in [0.15, 0.2) is 36.7 Å². The van der Waals surface area contributed by atoms with Crippen LogP contribution in [0.5, 0.6) is 0 Å². The van der Waals surface area contributed by atoms with Crippen LogP contribution in [-0.2, 0) is 26.2 Å². The Bertz CT molecular complexity index is 1430. The minimum absolute atomic E-state index is 0.103. The van der Waals surface area contributed by atoms with Crippen LogP contribution in [0, 0.1) is 0 Å². The summed E-state index contributed by atoms with van der Waals surface area (Å²) in [7, 11) is 3.73. The molecule has 1 aromatic carbocycles. The molecule has 0 bridgehead atoms. The number of piperazine rings is 1. The Hall–Kier alpha value is -3.34. The van der Waals surface area contributed by atoms with Gasteiger partial charge in [0, 0.05) is 64.6 Å². The number of aryl methyl sites for hydroxylation is 2. The average Bonchev–Trinajstić information content (AvgIpc) is 3.40. The molecule has 3 aromatic heterocycles. The molecule has 1 amide bonds. The normalized spacial score (nSPS) is 15.1. The maximum Gasteiger partial charge on any atom is 0.255 e. The minimum atomic E-state index is -1.19. The molecule has 11 heteroatoms. The number of fused-ring (bicyclic) bond motifs is 1. The molecule has 0 unspecified atom stereocenters. The molecule has 0 aliphatic carbocycles. The number of nitrogens with zero attached hydrogens (tertiary/aromatic N) is 8. The number of aliphatic hydroxyl groups is 1. The van der Waals surface area contributed by atoms with Gasteiger partial charge in [0.1, 0.15) is 11.3 Å². The third-order valence-electron chi connectivity index (χ3n) is 6.43. The second kappa shape index (κ2) is 9.27. The van der Waals surface area contributed by atoms with Crippen LogP contribution < -0.4 is 0 Å². The van der Waals surface area contributed by atoms with Crippen LogP contribution in [0.3, 0.4) is 0 Å². The molecule has 0 radical (unpaired) electrons. The maximum absolute atomic E-state index is 13.5. The lowest BCUT2D eigenvalue weighted by atomic mass is 10.1. The second-order valence-electron chi connectivity index (χ2n) is 9.70. The van der Waals surface area contributed by atoms with Gasteiger partial charge >= 0.3 is 0 Å². The van der Waals surface area contributed by atoms with Gasteiger partial charge in [0.05, 0.1) is 27.5 Å². The van der Waals surface area contributed by atoms with Crippen molar-refractivity contribution in [2.45, 2.75) is 26.0 Å². The van der Waals surface area contributed by atoms with Gasteiger partial charge in [0.15, 0.2) is 5.82 Å². The Balaban J connectivity index is 1.40. The average molecular weight is 509 g/mol. The molecular formula is C25H29ClN8O2. The predicted octanol–water partition coefficient (Wildman–Crippen LogP) is 2.60. The number of carbonyl (C=O) groups excluding carboxylic acids is 1. The predicted molar refractivity (Wildman–Crippen MR) is 136 cm³/mol. The van der Waals surface area contributed by atoms with Crippen molar-refractivity contribution >= 4 is 28.4 Å². The van der Waals surface area contributed by atoms with Gasteiger partial charge in [-0.1, -0.05) is 11.6 Å². The highest BCUT2D eigenvalue weighted by molar-refractivity contribution is 6.34. The van der Waals surface area contributed by atoms with Crippen LogP contribution in [0.2, 0.25) is 5.02 Å². The van der Waals surface area contributed by atoms with E-state index in [1.807, 2.05) is 31.3 Å². The number of amides is 1. The van der Waals surface area contributed by atoms with Crippen molar-refractivity contribution in [3.05, 3.63) is 58.8 Å². The number of halogens is 1. The first-order valence-electron chi connectivity index (χ1n) is 11.8. The summed E-state index contributed by atoms with van der Waals surface area (Å²) >= 11 is 6.60. The van der Waals surface area contributed by atoms with Crippen LogP contribution in [0.25, 0.3) is 22.3 Å². The highest BCUT2D eigenvalue weighted by Crippen LogP contribution is 2.32. The van der Waals surface area contributed by atoms with Crippen molar-refractivity contribution in [3.8, 4) is 11.4 Å². The first-order valence-corrected chi connectivity index (χ1v) is 12.2. The topological polar surface area (TPSA) is 105 Å². The Morgan fingerprint density at radius 1 is 1.11 bits per heavy atom. The summed E-state index contributed by atoms with van der Waals surface area (Å²) in [6.45, 7) is 6.79. The van der Waals surface area contributed by atoms with E-state index in [0.29, 0.717) is 40.9 Å². The fourth-order valence-corrected chi connectivity index (χ4v) is 4.71. The lowest BCUT2D eigenvalue weighted by Crippen LogP contribution is -2.48. The summed E-state index contributed by atoms with van der Waals surface area (Å²) in [5.41, 5.74) is 2.22. The van der Waals surface area contributed by atoms with Gasteiger partial charge in [-0.05, 0) is 38.1 Å².